The van der Waals surface area contributed by atoms with E-state index in [0.29, 0.717) is 10.7 Å². The van der Waals surface area contributed by atoms with E-state index in [-0.39, 0.29) is 12.1 Å². The fourth-order valence-corrected chi connectivity index (χ4v) is 2.49. The zero-order chi connectivity index (χ0) is 11.6. The summed E-state index contributed by atoms with van der Waals surface area (Å²) in [6.45, 7) is 0.148. The molecule has 0 bridgehead atoms. The summed E-state index contributed by atoms with van der Waals surface area (Å²) in [6, 6.07) is 5.40. The van der Waals surface area contributed by atoms with Crippen molar-refractivity contribution in [1.82, 2.24) is 0 Å². The number of nitrogens with two attached hydrogens (primary N) is 1. The highest BCUT2D eigenvalue weighted by Gasteiger charge is 2.33. The largest absolute Gasteiger partial charge is 0.397 e. The Morgan fingerprint density at radius 2 is 2.06 bits per heavy atom. The Morgan fingerprint density at radius 1 is 1.38 bits per heavy atom. The normalized spacial score (nSPS) is 18.6. The van der Waals surface area contributed by atoms with Gasteiger partial charge in [0.1, 0.15) is 0 Å². The van der Waals surface area contributed by atoms with Gasteiger partial charge in [-0.05, 0) is 31.0 Å². The summed E-state index contributed by atoms with van der Waals surface area (Å²) in [5.41, 5.74) is 7.19. The molecule has 4 heteroatoms. The van der Waals surface area contributed by atoms with Crippen LogP contribution in [0, 0.1) is 0 Å². The predicted octanol–water partition coefficient (Wildman–Crippen LogP) is 2.64. The summed E-state index contributed by atoms with van der Waals surface area (Å²) in [4.78, 5) is 0. The fourth-order valence-electron chi connectivity index (χ4n) is 2.31. The Bertz CT molecular complexity index is 375. The molecule has 3 nitrogen and oxygen atoms in total. The summed E-state index contributed by atoms with van der Waals surface area (Å²) in [5, 5.41) is 13.5. The molecule has 1 aromatic carbocycles. The molecular weight excluding hydrogens is 224 g/mol. The van der Waals surface area contributed by atoms with E-state index in [0.717, 1.165) is 31.4 Å². The van der Waals surface area contributed by atoms with Crippen molar-refractivity contribution >= 4 is 23.0 Å². The first-order valence-corrected chi connectivity index (χ1v) is 5.97. The van der Waals surface area contributed by atoms with Gasteiger partial charge < -0.3 is 16.2 Å². The second-order valence-electron chi connectivity index (χ2n) is 4.50. The van der Waals surface area contributed by atoms with Crippen LogP contribution < -0.4 is 11.1 Å². The van der Waals surface area contributed by atoms with Crippen LogP contribution in [0.4, 0.5) is 11.4 Å². The lowest BCUT2D eigenvalue weighted by atomic mass is 9.98. The second-order valence-corrected chi connectivity index (χ2v) is 4.94. The molecule has 16 heavy (non-hydrogen) atoms. The number of anilines is 2. The van der Waals surface area contributed by atoms with E-state index in [4.69, 9.17) is 17.3 Å². The average Bonchev–Trinajstić information content (AvgIpc) is 2.72. The van der Waals surface area contributed by atoms with Gasteiger partial charge in [-0.3, -0.25) is 0 Å². The molecular formula is C12H17ClN2O. The zero-order valence-electron chi connectivity index (χ0n) is 9.17. The Labute approximate surface area is 101 Å². The fraction of sp³-hybridized carbons (Fsp3) is 0.500. The highest BCUT2D eigenvalue weighted by atomic mass is 35.5. The highest BCUT2D eigenvalue weighted by Crippen LogP contribution is 2.35. The lowest BCUT2D eigenvalue weighted by Crippen LogP contribution is -2.39. The molecule has 1 aromatic rings. The Balaban J connectivity index is 2.19. The van der Waals surface area contributed by atoms with E-state index in [2.05, 4.69) is 5.32 Å². The first kappa shape index (κ1) is 11.6. The molecule has 2 rings (SSSR count). The molecule has 1 aliphatic rings. The van der Waals surface area contributed by atoms with Crippen LogP contribution in [0.2, 0.25) is 5.02 Å². The number of halogens is 1. The van der Waals surface area contributed by atoms with E-state index in [1.807, 2.05) is 6.07 Å². The molecule has 88 valence electrons. The van der Waals surface area contributed by atoms with Gasteiger partial charge in [0.2, 0.25) is 0 Å². The SMILES string of the molecule is Nc1cc(Cl)ccc1NC1(CO)CCCC1. The van der Waals surface area contributed by atoms with Gasteiger partial charge in [0.25, 0.3) is 0 Å². The van der Waals surface area contributed by atoms with Crippen molar-refractivity contribution in [2.45, 2.75) is 31.2 Å². The molecule has 1 fully saturated rings. The van der Waals surface area contributed by atoms with Crippen LogP contribution in [-0.4, -0.2) is 17.3 Å². The molecule has 1 aliphatic carbocycles. The number of aliphatic hydroxyl groups excluding tert-OH is 1. The molecule has 4 N–H and O–H groups in total. The Hall–Kier alpha value is -0.930. The number of aliphatic hydroxyl groups is 1. The van der Waals surface area contributed by atoms with Crippen LogP contribution in [0.1, 0.15) is 25.7 Å². The maximum absolute atomic E-state index is 9.49. The lowest BCUT2D eigenvalue weighted by molar-refractivity contribution is 0.214. The number of nitrogens with one attached hydrogen (secondary N) is 1. The van der Waals surface area contributed by atoms with Gasteiger partial charge >= 0.3 is 0 Å². The molecule has 0 unspecified atom stereocenters. The number of hydrogen-bond acceptors (Lipinski definition) is 3. The Kier molecular flexibility index (Phi) is 3.26. The molecule has 0 radical (unpaired) electrons. The standard InChI is InChI=1S/C12H17ClN2O/c13-9-3-4-11(10(14)7-9)15-12(8-16)5-1-2-6-12/h3-4,7,15-16H,1-2,5-6,8,14H2. The van der Waals surface area contributed by atoms with E-state index < -0.39 is 0 Å². The van der Waals surface area contributed by atoms with Crippen molar-refractivity contribution in [3.63, 3.8) is 0 Å². The minimum atomic E-state index is -0.193. The lowest BCUT2D eigenvalue weighted by Gasteiger charge is -2.30. The summed E-state index contributed by atoms with van der Waals surface area (Å²) in [7, 11) is 0. The van der Waals surface area contributed by atoms with Crippen LogP contribution in [0.3, 0.4) is 0 Å². The van der Waals surface area contributed by atoms with Crippen molar-refractivity contribution in [1.29, 1.82) is 0 Å². The molecule has 0 atom stereocenters. The quantitative estimate of drug-likeness (QED) is 0.712. The number of nitrogen functional groups attached to an aromatic ring is 1. The summed E-state index contributed by atoms with van der Waals surface area (Å²) in [6.07, 6.45) is 4.29. The topological polar surface area (TPSA) is 58.3 Å². The minimum absolute atomic E-state index is 0.148. The van der Waals surface area contributed by atoms with Gasteiger partial charge in [-0.2, -0.15) is 0 Å². The van der Waals surface area contributed by atoms with Gasteiger partial charge in [-0.25, -0.2) is 0 Å². The van der Waals surface area contributed by atoms with Gasteiger partial charge in [-0.15, -0.1) is 0 Å². The van der Waals surface area contributed by atoms with Crippen LogP contribution in [-0.2, 0) is 0 Å². The Morgan fingerprint density at radius 3 is 2.62 bits per heavy atom. The molecule has 1 saturated carbocycles. The second kappa shape index (κ2) is 4.52. The van der Waals surface area contributed by atoms with Crippen LogP contribution in [0.25, 0.3) is 0 Å². The van der Waals surface area contributed by atoms with Crippen molar-refractivity contribution in [2.75, 3.05) is 17.7 Å². The average molecular weight is 241 g/mol. The van der Waals surface area contributed by atoms with Crippen LogP contribution in [0.5, 0.6) is 0 Å². The third kappa shape index (κ3) is 2.25. The highest BCUT2D eigenvalue weighted by molar-refractivity contribution is 6.31. The summed E-state index contributed by atoms with van der Waals surface area (Å²) < 4.78 is 0. The maximum atomic E-state index is 9.49. The van der Waals surface area contributed by atoms with E-state index in [9.17, 15) is 5.11 Å². The van der Waals surface area contributed by atoms with Crippen LogP contribution in [0.15, 0.2) is 18.2 Å². The zero-order valence-corrected chi connectivity index (χ0v) is 9.93. The molecule has 0 aliphatic heterocycles. The molecule has 0 spiro atoms. The van der Waals surface area contributed by atoms with Gasteiger partial charge in [0.15, 0.2) is 0 Å². The van der Waals surface area contributed by atoms with Gasteiger partial charge in [-0.1, -0.05) is 24.4 Å². The van der Waals surface area contributed by atoms with Crippen LogP contribution >= 0.6 is 11.6 Å². The van der Waals surface area contributed by atoms with E-state index in [1.165, 1.54) is 0 Å². The number of hydrogen-bond donors (Lipinski definition) is 3. The third-order valence-corrected chi connectivity index (χ3v) is 3.51. The first-order chi connectivity index (χ1) is 7.65. The number of benzene rings is 1. The molecule has 0 amide bonds. The van der Waals surface area contributed by atoms with E-state index >= 15 is 0 Å². The van der Waals surface area contributed by atoms with E-state index in [1.54, 1.807) is 12.1 Å². The number of rotatable bonds is 3. The molecule has 0 heterocycles. The third-order valence-electron chi connectivity index (χ3n) is 3.28. The molecule has 0 aromatic heterocycles. The monoisotopic (exact) mass is 240 g/mol. The van der Waals surface area contributed by atoms with Crippen molar-refractivity contribution < 1.29 is 5.11 Å². The van der Waals surface area contributed by atoms with Gasteiger partial charge in [0, 0.05) is 5.02 Å². The predicted molar refractivity (Wildman–Crippen MR) is 67.8 cm³/mol. The minimum Gasteiger partial charge on any atom is -0.397 e. The molecule has 0 saturated heterocycles. The van der Waals surface area contributed by atoms with Crippen molar-refractivity contribution in [3.05, 3.63) is 23.2 Å². The summed E-state index contributed by atoms with van der Waals surface area (Å²) in [5.74, 6) is 0. The summed E-state index contributed by atoms with van der Waals surface area (Å²) >= 11 is 5.84. The van der Waals surface area contributed by atoms with Gasteiger partial charge in [0.05, 0.1) is 23.5 Å². The maximum Gasteiger partial charge on any atom is 0.0661 e. The van der Waals surface area contributed by atoms with Crippen molar-refractivity contribution in [2.24, 2.45) is 0 Å². The first-order valence-electron chi connectivity index (χ1n) is 5.59. The van der Waals surface area contributed by atoms with Crippen molar-refractivity contribution in [3.8, 4) is 0 Å². The smallest absolute Gasteiger partial charge is 0.0661 e.